The molecule has 0 radical (unpaired) electrons. The minimum Gasteiger partial charge on any atom is -0.490 e. The molecule has 3 aromatic carbocycles. The standard InChI is InChI=1S/C23H18ClN3O6/c1-2-32-21-13-15(14-25-26-22(28)16-4-8-18(24)9-5-16)3-12-20(21)33-23(29)17-6-10-19(11-7-17)27(30)31/h3-14H,2H2,1H3,(H,26,28)/b25-14+. The number of hydrogen-bond acceptors (Lipinski definition) is 7. The van der Waals surface area contributed by atoms with Gasteiger partial charge in [0.15, 0.2) is 11.5 Å². The van der Waals surface area contributed by atoms with Gasteiger partial charge in [-0.25, -0.2) is 10.2 Å². The van der Waals surface area contributed by atoms with Gasteiger partial charge in [0.2, 0.25) is 0 Å². The van der Waals surface area contributed by atoms with Crippen molar-refractivity contribution in [2.75, 3.05) is 6.61 Å². The number of carbonyl (C=O) groups excluding carboxylic acids is 2. The molecule has 1 amide bonds. The first-order valence-corrected chi connectivity index (χ1v) is 10.1. The Kier molecular flexibility index (Phi) is 7.72. The molecule has 0 aliphatic rings. The van der Waals surface area contributed by atoms with Crippen molar-refractivity contribution in [2.45, 2.75) is 6.92 Å². The number of halogens is 1. The molecule has 1 N–H and O–H groups in total. The lowest BCUT2D eigenvalue weighted by Crippen LogP contribution is -2.17. The summed E-state index contributed by atoms with van der Waals surface area (Å²) in [5, 5.41) is 15.2. The molecular weight excluding hydrogens is 450 g/mol. The van der Waals surface area contributed by atoms with Crippen molar-refractivity contribution >= 4 is 35.4 Å². The second-order valence-electron chi connectivity index (χ2n) is 6.54. The van der Waals surface area contributed by atoms with Gasteiger partial charge in [-0.1, -0.05) is 11.6 Å². The van der Waals surface area contributed by atoms with E-state index in [1.165, 1.54) is 36.5 Å². The smallest absolute Gasteiger partial charge is 0.343 e. The molecule has 0 aliphatic heterocycles. The lowest BCUT2D eigenvalue weighted by molar-refractivity contribution is -0.384. The van der Waals surface area contributed by atoms with Gasteiger partial charge < -0.3 is 9.47 Å². The predicted molar refractivity (Wildman–Crippen MR) is 122 cm³/mol. The number of hydrogen-bond donors (Lipinski definition) is 1. The van der Waals surface area contributed by atoms with Crippen LogP contribution >= 0.6 is 11.6 Å². The largest absolute Gasteiger partial charge is 0.490 e. The fourth-order valence-electron chi connectivity index (χ4n) is 2.67. The summed E-state index contributed by atoms with van der Waals surface area (Å²) in [6.07, 6.45) is 1.41. The van der Waals surface area contributed by atoms with Crippen molar-refractivity contribution in [3.05, 3.63) is 98.6 Å². The van der Waals surface area contributed by atoms with Gasteiger partial charge >= 0.3 is 5.97 Å². The van der Waals surface area contributed by atoms with Crippen LogP contribution in [0.4, 0.5) is 5.69 Å². The topological polar surface area (TPSA) is 120 Å². The van der Waals surface area contributed by atoms with E-state index < -0.39 is 16.8 Å². The van der Waals surface area contributed by atoms with E-state index >= 15 is 0 Å². The number of nitrogens with zero attached hydrogens (tertiary/aromatic N) is 2. The summed E-state index contributed by atoms with van der Waals surface area (Å²) in [4.78, 5) is 34.7. The summed E-state index contributed by atoms with van der Waals surface area (Å²) >= 11 is 5.81. The lowest BCUT2D eigenvalue weighted by atomic mass is 10.2. The van der Waals surface area contributed by atoms with E-state index in [1.54, 1.807) is 43.3 Å². The third-order valence-electron chi connectivity index (χ3n) is 4.27. The lowest BCUT2D eigenvalue weighted by Gasteiger charge is -2.11. The number of carbonyl (C=O) groups is 2. The number of non-ortho nitro benzene ring substituents is 1. The van der Waals surface area contributed by atoms with Crippen molar-refractivity contribution in [3.63, 3.8) is 0 Å². The molecule has 0 heterocycles. The summed E-state index contributed by atoms with van der Waals surface area (Å²) in [7, 11) is 0. The third-order valence-corrected chi connectivity index (χ3v) is 4.52. The average molecular weight is 468 g/mol. The molecule has 3 rings (SSSR count). The van der Waals surface area contributed by atoms with Crippen molar-refractivity contribution < 1.29 is 24.0 Å². The normalized spacial score (nSPS) is 10.6. The van der Waals surface area contributed by atoms with Crippen LogP contribution in [0.3, 0.4) is 0 Å². The minimum atomic E-state index is -0.692. The summed E-state index contributed by atoms with van der Waals surface area (Å²) in [6.45, 7) is 2.09. The molecule has 3 aromatic rings. The maximum Gasteiger partial charge on any atom is 0.343 e. The van der Waals surface area contributed by atoms with Gasteiger partial charge in [0, 0.05) is 22.7 Å². The first-order chi connectivity index (χ1) is 15.9. The first kappa shape index (κ1) is 23.4. The number of benzene rings is 3. The number of nitro benzene ring substituents is 1. The van der Waals surface area contributed by atoms with Crippen molar-refractivity contribution in [2.24, 2.45) is 5.10 Å². The van der Waals surface area contributed by atoms with Crippen LogP contribution in [0.15, 0.2) is 71.8 Å². The summed E-state index contributed by atoms with van der Waals surface area (Å²) in [5.41, 5.74) is 3.42. The van der Waals surface area contributed by atoms with E-state index in [0.717, 1.165) is 0 Å². The maximum atomic E-state index is 12.4. The maximum absolute atomic E-state index is 12.4. The van der Waals surface area contributed by atoms with E-state index in [4.69, 9.17) is 21.1 Å². The number of esters is 1. The number of amides is 1. The van der Waals surface area contributed by atoms with Crippen LogP contribution in [0.5, 0.6) is 11.5 Å². The Labute approximate surface area is 193 Å². The molecule has 10 heteroatoms. The van der Waals surface area contributed by atoms with Gasteiger partial charge in [-0.05, 0) is 67.1 Å². The molecule has 0 saturated carbocycles. The van der Waals surface area contributed by atoms with E-state index in [0.29, 0.717) is 28.5 Å². The molecule has 0 unspecified atom stereocenters. The zero-order chi connectivity index (χ0) is 23.8. The van der Waals surface area contributed by atoms with Crippen molar-refractivity contribution in [3.8, 4) is 11.5 Å². The number of nitrogens with one attached hydrogen (secondary N) is 1. The highest BCUT2D eigenvalue weighted by molar-refractivity contribution is 6.30. The summed E-state index contributed by atoms with van der Waals surface area (Å²) in [5.74, 6) is -0.632. The van der Waals surface area contributed by atoms with Crippen molar-refractivity contribution in [1.82, 2.24) is 5.43 Å². The van der Waals surface area contributed by atoms with Gasteiger partial charge in [-0.3, -0.25) is 14.9 Å². The highest BCUT2D eigenvalue weighted by Gasteiger charge is 2.15. The predicted octanol–water partition coefficient (Wildman–Crippen LogP) is 4.63. The number of nitro groups is 1. The van der Waals surface area contributed by atoms with E-state index in [9.17, 15) is 19.7 Å². The van der Waals surface area contributed by atoms with E-state index in [1.807, 2.05) is 0 Å². The molecule has 0 atom stereocenters. The van der Waals surface area contributed by atoms with E-state index in [2.05, 4.69) is 10.5 Å². The zero-order valence-corrected chi connectivity index (χ0v) is 18.1. The Balaban J connectivity index is 1.69. The second-order valence-corrected chi connectivity index (χ2v) is 6.98. The molecule has 33 heavy (non-hydrogen) atoms. The number of ether oxygens (including phenoxy) is 2. The molecule has 0 aliphatic carbocycles. The molecule has 0 aromatic heterocycles. The Bertz CT molecular complexity index is 1190. The summed E-state index contributed by atoms with van der Waals surface area (Å²) < 4.78 is 10.9. The quantitative estimate of drug-likeness (QED) is 0.169. The van der Waals surface area contributed by atoms with Crippen LogP contribution in [0, 0.1) is 10.1 Å². The van der Waals surface area contributed by atoms with E-state index in [-0.39, 0.29) is 17.0 Å². The average Bonchev–Trinajstić information content (AvgIpc) is 2.81. The second kappa shape index (κ2) is 10.9. The highest BCUT2D eigenvalue weighted by Crippen LogP contribution is 2.29. The zero-order valence-electron chi connectivity index (χ0n) is 17.4. The van der Waals surface area contributed by atoms with Gasteiger partial charge in [-0.2, -0.15) is 5.10 Å². The van der Waals surface area contributed by atoms with Crippen LogP contribution < -0.4 is 14.9 Å². The van der Waals surface area contributed by atoms with Gasteiger partial charge in [0.1, 0.15) is 0 Å². The molecule has 0 fully saturated rings. The van der Waals surface area contributed by atoms with Gasteiger partial charge in [-0.15, -0.1) is 0 Å². The third kappa shape index (κ3) is 6.37. The number of rotatable bonds is 8. The Morgan fingerprint density at radius 3 is 2.33 bits per heavy atom. The monoisotopic (exact) mass is 467 g/mol. The van der Waals surface area contributed by atoms with Crippen molar-refractivity contribution in [1.29, 1.82) is 0 Å². The molecular formula is C23H18ClN3O6. The highest BCUT2D eigenvalue weighted by atomic mass is 35.5. The SMILES string of the molecule is CCOc1cc(/C=N/NC(=O)c2ccc(Cl)cc2)ccc1OC(=O)c1ccc([N+](=O)[O-])cc1. The molecule has 9 nitrogen and oxygen atoms in total. The van der Waals surface area contributed by atoms with Crippen LogP contribution in [0.1, 0.15) is 33.2 Å². The van der Waals surface area contributed by atoms with Gasteiger partial charge in [0.05, 0.1) is 23.3 Å². The fourth-order valence-corrected chi connectivity index (χ4v) is 2.79. The Morgan fingerprint density at radius 1 is 1.03 bits per heavy atom. The molecule has 0 spiro atoms. The van der Waals surface area contributed by atoms with Crippen LogP contribution in [-0.2, 0) is 0 Å². The number of hydrazone groups is 1. The van der Waals surface area contributed by atoms with Crippen LogP contribution in [-0.4, -0.2) is 29.6 Å². The molecule has 168 valence electrons. The Morgan fingerprint density at radius 2 is 1.70 bits per heavy atom. The van der Waals surface area contributed by atoms with Crippen LogP contribution in [0.25, 0.3) is 0 Å². The molecule has 0 saturated heterocycles. The molecule has 0 bridgehead atoms. The van der Waals surface area contributed by atoms with Crippen LogP contribution in [0.2, 0.25) is 5.02 Å². The fraction of sp³-hybridized carbons (Fsp3) is 0.0870. The first-order valence-electron chi connectivity index (χ1n) is 9.70. The Hall–Kier alpha value is -4.24. The minimum absolute atomic E-state index is 0.131. The van der Waals surface area contributed by atoms with Gasteiger partial charge in [0.25, 0.3) is 11.6 Å². The summed E-state index contributed by atoms with van der Waals surface area (Å²) in [6, 6.07) is 16.2.